The topological polar surface area (TPSA) is 26.6 Å². The molecule has 2 aromatic rings. The van der Waals surface area contributed by atoms with Gasteiger partial charge in [-0.3, -0.25) is 4.90 Å². The van der Waals surface area contributed by atoms with Gasteiger partial charge in [0.05, 0.1) is 11.6 Å². The van der Waals surface area contributed by atoms with Gasteiger partial charge >= 0.3 is 0 Å². The molecule has 1 saturated heterocycles. The summed E-state index contributed by atoms with van der Waals surface area (Å²) in [6, 6.07) is 9.29. The van der Waals surface area contributed by atoms with Crippen molar-refractivity contribution < 1.29 is 9.47 Å². The number of likely N-dealkylation sites (N-methyl/N-ethyl adjacent to an activating group) is 1. The molecule has 0 unspecified atom stereocenters. The highest BCUT2D eigenvalue weighted by molar-refractivity contribution is 5.86. The minimum absolute atomic E-state index is 0.0591. The summed E-state index contributed by atoms with van der Waals surface area (Å²) in [5.74, 6) is 0.519. The number of ether oxygens (including phenoxy) is 2. The zero-order valence-corrected chi connectivity index (χ0v) is 15.2. The molecule has 5 rings (SSSR count). The van der Waals surface area contributed by atoms with E-state index in [9.17, 15) is 0 Å². The lowest BCUT2D eigenvalue weighted by Gasteiger charge is -2.37. The van der Waals surface area contributed by atoms with Crippen LogP contribution in [0.5, 0.6) is 0 Å². The van der Waals surface area contributed by atoms with Gasteiger partial charge in [0.1, 0.15) is 6.23 Å². The van der Waals surface area contributed by atoms with Gasteiger partial charge in [0.2, 0.25) is 0 Å². The average Bonchev–Trinajstić information content (AvgIpc) is 2.90. The second kappa shape index (κ2) is 5.70. The third-order valence-electron chi connectivity index (χ3n) is 6.47. The summed E-state index contributed by atoms with van der Waals surface area (Å²) in [5, 5.41) is 1.41. The van der Waals surface area contributed by atoms with E-state index in [1.54, 1.807) is 7.11 Å². The summed E-state index contributed by atoms with van der Waals surface area (Å²) >= 11 is 0. The molecule has 4 heterocycles. The first kappa shape index (κ1) is 15.6. The van der Waals surface area contributed by atoms with Gasteiger partial charge in [-0.1, -0.05) is 24.3 Å². The molecule has 4 atom stereocenters. The Morgan fingerprint density at radius 2 is 2.08 bits per heavy atom. The second-order valence-corrected chi connectivity index (χ2v) is 7.61. The Labute approximate surface area is 149 Å². The molecule has 0 N–H and O–H groups in total. The molecule has 4 nitrogen and oxygen atoms in total. The molecule has 0 radical (unpaired) electrons. The fourth-order valence-electron chi connectivity index (χ4n) is 5.31. The zero-order chi connectivity index (χ0) is 17.1. The van der Waals surface area contributed by atoms with E-state index in [2.05, 4.69) is 53.8 Å². The van der Waals surface area contributed by atoms with Crippen molar-refractivity contribution in [2.75, 3.05) is 20.7 Å². The van der Waals surface area contributed by atoms with Crippen LogP contribution in [0.3, 0.4) is 0 Å². The summed E-state index contributed by atoms with van der Waals surface area (Å²) in [7, 11) is 4.03. The van der Waals surface area contributed by atoms with Crippen LogP contribution in [0.2, 0.25) is 0 Å². The molecule has 1 aromatic heterocycles. The second-order valence-electron chi connectivity index (χ2n) is 7.61. The van der Waals surface area contributed by atoms with Crippen LogP contribution in [0.25, 0.3) is 10.9 Å². The molecule has 132 valence electrons. The van der Waals surface area contributed by atoms with E-state index in [4.69, 9.17) is 9.47 Å². The van der Waals surface area contributed by atoms with Gasteiger partial charge in [-0.15, -0.1) is 0 Å². The largest absolute Gasteiger partial charge is 0.352 e. The minimum Gasteiger partial charge on any atom is -0.352 e. The van der Waals surface area contributed by atoms with Crippen molar-refractivity contribution in [2.45, 2.75) is 44.7 Å². The van der Waals surface area contributed by atoms with Crippen LogP contribution >= 0.6 is 0 Å². The van der Waals surface area contributed by atoms with Gasteiger partial charge in [-0.05, 0) is 56.4 Å². The van der Waals surface area contributed by atoms with Crippen molar-refractivity contribution in [2.24, 2.45) is 5.92 Å². The smallest absolute Gasteiger partial charge is 0.182 e. The molecule has 0 spiro atoms. The van der Waals surface area contributed by atoms with E-state index in [0.717, 1.165) is 25.8 Å². The van der Waals surface area contributed by atoms with E-state index >= 15 is 0 Å². The average molecular weight is 338 g/mol. The number of aromatic nitrogens is 1. The molecule has 25 heavy (non-hydrogen) atoms. The highest BCUT2D eigenvalue weighted by Crippen LogP contribution is 2.50. The lowest BCUT2D eigenvalue weighted by Crippen LogP contribution is -2.34. The number of hydrogen-bond donors (Lipinski definition) is 0. The number of methoxy groups -OCH3 is 1. The van der Waals surface area contributed by atoms with Crippen molar-refractivity contribution in [3.8, 4) is 0 Å². The van der Waals surface area contributed by atoms with E-state index in [0.29, 0.717) is 12.0 Å². The van der Waals surface area contributed by atoms with Gasteiger partial charge in [0.15, 0.2) is 6.29 Å². The molecule has 2 bridgehead atoms. The van der Waals surface area contributed by atoms with Gasteiger partial charge in [0.25, 0.3) is 0 Å². The quantitative estimate of drug-likeness (QED) is 0.735. The molecular formula is C21H26N2O2. The van der Waals surface area contributed by atoms with E-state index in [1.165, 1.54) is 27.7 Å². The number of rotatable bonds is 1. The summed E-state index contributed by atoms with van der Waals surface area (Å²) in [4.78, 5) is 2.54. The molecule has 3 aliphatic heterocycles. The van der Waals surface area contributed by atoms with E-state index in [1.807, 2.05) is 0 Å². The third kappa shape index (κ3) is 2.11. The highest BCUT2D eigenvalue weighted by Gasteiger charge is 2.44. The highest BCUT2D eigenvalue weighted by atomic mass is 16.7. The van der Waals surface area contributed by atoms with Crippen molar-refractivity contribution in [1.29, 1.82) is 0 Å². The van der Waals surface area contributed by atoms with Gasteiger partial charge < -0.3 is 14.0 Å². The molecular weight excluding hydrogens is 312 g/mol. The Morgan fingerprint density at radius 1 is 1.24 bits per heavy atom. The molecule has 0 aliphatic carbocycles. The number of para-hydroxylation sites is 1. The maximum Gasteiger partial charge on any atom is 0.182 e. The van der Waals surface area contributed by atoms with Crippen molar-refractivity contribution in [1.82, 2.24) is 9.47 Å². The Bertz CT molecular complexity index is 853. The normalized spacial score (nSPS) is 33.5. The Balaban J connectivity index is 1.76. The summed E-state index contributed by atoms with van der Waals surface area (Å²) in [5.41, 5.74) is 5.65. The summed E-state index contributed by atoms with van der Waals surface area (Å²) in [6.45, 7) is 3.24. The van der Waals surface area contributed by atoms with Crippen molar-refractivity contribution in [3.05, 3.63) is 47.2 Å². The van der Waals surface area contributed by atoms with Gasteiger partial charge in [-0.2, -0.15) is 0 Å². The standard InChI is InChI=1S/C21H26N2O2/c1-4-14-13-11-18-20-16(9-10-22(18)2)15-7-5-6-8-17(15)23(20)19(12-13)25-21(14)24-3/h4-8,13,18-19,21H,9-12H2,1-3H3/b14-4+/t13-,18+,19-,21-/m1/s1. The molecule has 1 fully saturated rings. The first-order valence-electron chi connectivity index (χ1n) is 9.39. The zero-order valence-electron chi connectivity index (χ0n) is 15.2. The number of hydrogen-bond acceptors (Lipinski definition) is 3. The molecule has 0 amide bonds. The van der Waals surface area contributed by atoms with Crippen LogP contribution < -0.4 is 0 Å². The molecule has 4 heteroatoms. The minimum atomic E-state index is -0.226. The Kier molecular flexibility index (Phi) is 3.56. The Morgan fingerprint density at radius 3 is 2.88 bits per heavy atom. The van der Waals surface area contributed by atoms with Crippen molar-refractivity contribution in [3.63, 3.8) is 0 Å². The molecule has 3 aliphatic rings. The number of benzene rings is 1. The summed E-state index contributed by atoms with van der Waals surface area (Å²) in [6.07, 6.45) is 5.35. The van der Waals surface area contributed by atoms with E-state index < -0.39 is 0 Å². The van der Waals surface area contributed by atoms with Crippen LogP contribution in [-0.2, 0) is 15.9 Å². The Hall–Kier alpha value is -1.62. The number of nitrogens with zero attached hydrogens (tertiary/aromatic N) is 2. The first-order valence-corrected chi connectivity index (χ1v) is 9.39. The maximum atomic E-state index is 6.44. The van der Waals surface area contributed by atoms with E-state index in [-0.39, 0.29) is 12.5 Å². The van der Waals surface area contributed by atoms with Crippen molar-refractivity contribution >= 4 is 10.9 Å². The fourth-order valence-corrected chi connectivity index (χ4v) is 5.31. The lowest BCUT2D eigenvalue weighted by molar-refractivity contribution is -0.182. The number of allylic oxidation sites excluding steroid dienone is 1. The van der Waals surface area contributed by atoms with Crippen LogP contribution in [0.15, 0.2) is 35.9 Å². The predicted octanol–water partition coefficient (Wildman–Crippen LogP) is 4.03. The first-order chi connectivity index (χ1) is 12.2. The fraction of sp³-hybridized carbons (Fsp3) is 0.524. The van der Waals surface area contributed by atoms with Crippen LogP contribution in [0.1, 0.15) is 43.3 Å². The monoisotopic (exact) mass is 338 g/mol. The SMILES string of the molecule is C/C=C1\[C@@H]2C[C@H]3c4c(c5ccccc5n4[C@@H](C2)O[C@H]1OC)CCN3C. The lowest BCUT2D eigenvalue weighted by atomic mass is 9.84. The maximum absolute atomic E-state index is 6.44. The van der Waals surface area contributed by atoms with Crippen LogP contribution in [0.4, 0.5) is 0 Å². The summed E-state index contributed by atoms with van der Waals surface area (Å²) < 4.78 is 14.6. The third-order valence-corrected chi connectivity index (χ3v) is 6.47. The predicted molar refractivity (Wildman–Crippen MR) is 98.4 cm³/mol. The number of fused-ring (bicyclic) bond motifs is 6. The van der Waals surface area contributed by atoms with Gasteiger partial charge in [0, 0.05) is 24.7 Å². The van der Waals surface area contributed by atoms with Crippen LogP contribution in [0, 0.1) is 5.92 Å². The molecule has 0 saturated carbocycles. The molecule has 1 aromatic carbocycles. The van der Waals surface area contributed by atoms with Gasteiger partial charge in [-0.25, -0.2) is 0 Å². The van der Waals surface area contributed by atoms with Crippen LogP contribution in [-0.4, -0.2) is 36.5 Å².